The van der Waals surface area contributed by atoms with E-state index in [2.05, 4.69) is 11.4 Å². The summed E-state index contributed by atoms with van der Waals surface area (Å²) in [5.41, 5.74) is 2.29. The highest BCUT2D eigenvalue weighted by Gasteiger charge is 2.11. The van der Waals surface area contributed by atoms with E-state index in [0.717, 1.165) is 17.1 Å². The topological polar surface area (TPSA) is 54.6 Å². The van der Waals surface area contributed by atoms with Crippen molar-refractivity contribution in [2.75, 3.05) is 13.2 Å². The molecular weight excluding hydrogens is 266 g/mol. The maximum atomic E-state index is 9.98. The first-order valence-corrected chi connectivity index (χ1v) is 7.21. The molecule has 0 amide bonds. The van der Waals surface area contributed by atoms with Crippen molar-refractivity contribution in [3.05, 3.63) is 53.5 Å². The summed E-state index contributed by atoms with van der Waals surface area (Å²) < 4.78 is 11.0. The Morgan fingerprint density at radius 1 is 1.29 bits per heavy atom. The minimum atomic E-state index is -0.567. The van der Waals surface area contributed by atoms with Crippen LogP contribution in [-0.4, -0.2) is 24.4 Å². The molecule has 0 fully saturated rings. The highest BCUT2D eigenvalue weighted by molar-refractivity contribution is 5.35. The minimum Gasteiger partial charge on any atom is -0.491 e. The molecule has 114 valence electrons. The first kappa shape index (κ1) is 15.6. The van der Waals surface area contributed by atoms with Gasteiger partial charge in [0, 0.05) is 6.54 Å². The molecule has 2 unspecified atom stereocenters. The summed E-state index contributed by atoms with van der Waals surface area (Å²) in [6.07, 6.45) is 1.08. The molecule has 2 aromatic rings. The van der Waals surface area contributed by atoms with E-state index in [0.29, 0.717) is 6.54 Å². The van der Waals surface area contributed by atoms with Crippen LogP contribution in [0.25, 0.3) is 0 Å². The summed E-state index contributed by atoms with van der Waals surface area (Å²) >= 11 is 0. The monoisotopic (exact) mass is 289 g/mol. The molecule has 4 nitrogen and oxygen atoms in total. The Labute approximate surface area is 125 Å². The van der Waals surface area contributed by atoms with Crippen LogP contribution in [0, 0.1) is 13.8 Å². The lowest BCUT2D eigenvalue weighted by molar-refractivity contribution is 0.103. The van der Waals surface area contributed by atoms with Gasteiger partial charge in [0.25, 0.3) is 0 Å². The number of benzene rings is 1. The van der Waals surface area contributed by atoms with E-state index < -0.39 is 6.10 Å². The zero-order valence-electron chi connectivity index (χ0n) is 12.8. The predicted molar refractivity (Wildman–Crippen MR) is 82.5 cm³/mol. The van der Waals surface area contributed by atoms with Crippen LogP contribution in [-0.2, 0) is 0 Å². The highest BCUT2D eigenvalue weighted by atomic mass is 16.5. The Morgan fingerprint density at radius 3 is 2.76 bits per heavy atom. The van der Waals surface area contributed by atoms with Gasteiger partial charge in [0.2, 0.25) is 0 Å². The van der Waals surface area contributed by atoms with Crippen molar-refractivity contribution in [3.8, 4) is 5.75 Å². The number of aryl methyl sites for hydroxylation is 2. The number of rotatable bonds is 7. The standard InChI is InChI=1S/C17H23NO3/c1-12-6-7-16(13(2)9-12)21-11-15(19)10-18-14(3)17-5-4-8-20-17/h4-9,14-15,18-19H,10-11H2,1-3H3. The molecule has 0 saturated heterocycles. The molecular formula is C17H23NO3. The maximum absolute atomic E-state index is 9.98. The fraction of sp³-hybridized carbons (Fsp3) is 0.412. The second-order valence-electron chi connectivity index (χ2n) is 5.38. The van der Waals surface area contributed by atoms with Crippen molar-refractivity contribution in [2.45, 2.75) is 32.9 Å². The number of furan rings is 1. The van der Waals surface area contributed by atoms with Gasteiger partial charge in [0.1, 0.15) is 24.2 Å². The highest BCUT2D eigenvalue weighted by Crippen LogP contribution is 2.19. The van der Waals surface area contributed by atoms with Crippen LogP contribution in [0.15, 0.2) is 41.0 Å². The Balaban J connectivity index is 1.75. The fourth-order valence-corrected chi connectivity index (χ4v) is 2.16. The van der Waals surface area contributed by atoms with E-state index in [1.807, 2.05) is 45.0 Å². The van der Waals surface area contributed by atoms with Crippen molar-refractivity contribution < 1.29 is 14.3 Å². The summed E-state index contributed by atoms with van der Waals surface area (Å²) in [6, 6.07) is 9.85. The normalized spacial score (nSPS) is 13.9. The molecule has 0 aliphatic rings. The molecule has 0 spiro atoms. The first-order chi connectivity index (χ1) is 10.1. The van der Waals surface area contributed by atoms with Crippen LogP contribution in [0.3, 0.4) is 0 Å². The van der Waals surface area contributed by atoms with Crippen molar-refractivity contribution in [2.24, 2.45) is 0 Å². The van der Waals surface area contributed by atoms with Gasteiger partial charge >= 0.3 is 0 Å². The van der Waals surface area contributed by atoms with Gasteiger partial charge in [0.05, 0.1) is 12.3 Å². The van der Waals surface area contributed by atoms with Crippen LogP contribution in [0.2, 0.25) is 0 Å². The van der Waals surface area contributed by atoms with Gasteiger partial charge in [-0.2, -0.15) is 0 Å². The lowest BCUT2D eigenvalue weighted by Gasteiger charge is -2.17. The summed E-state index contributed by atoms with van der Waals surface area (Å²) in [7, 11) is 0. The van der Waals surface area contributed by atoms with E-state index in [1.54, 1.807) is 6.26 Å². The Hall–Kier alpha value is -1.78. The quantitative estimate of drug-likeness (QED) is 0.823. The molecule has 0 aliphatic carbocycles. The van der Waals surface area contributed by atoms with Gasteiger partial charge < -0.3 is 19.6 Å². The Morgan fingerprint density at radius 2 is 2.10 bits per heavy atom. The average Bonchev–Trinajstić information content (AvgIpc) is 2.98. The number of nitrogens with one attached hydrogen (secondary N) is 1. The van der Waals surface area contributed by atoms with Gasteiger partial charge in [-0.25, -0.2) is 0 Å². The van der Waals surface area contributed by atoms with Crippen molar-refractivity contribution >= 4 is 0 Å². The van der Waals surface area contributed by atoms with Crippen molar-refractivity contribution in [1.29, 1.82) is 0 Å². The van der Waals surface area contributed by atoms with E-state index in [4.69, 9.17) is 9.15 Å². The number of aliphatic hydroxyl groups excluding tert-OH is 1. The summed E-state index contributed by atoms with van der Waals surface area (Å²) in [5, 5.41) is 13.2. The van der Waals surface area contributed by atoms with Gasteiger partial charge in [0.15, 0.2) is 0 Å². The maximum Gasteiger partial charge on any atom is 0.122 e. The summed E-state index contributed by atoms with van der Waals surface area (Å²) in [6.45, 7) is 6.77. The zero-order valence-corrected chi connectivity index (χ0v) is 12.8. The zero-order chi connectivity index (χ0) is 15.2. The predicted octanol–water partition coefficient (Wildman–Crippen LogP) is 2.99. The van der Waals surface area contributed by atoms with Crippen LogP contribution in [0.1, 0.15) is 29.9 Å². The van der Waals surface area contributed by atoms with Crippen LogP contribution >= 0.6 is 0 Å². The SMILES string of the molecule is Cc1ccc(OCC(O)CNC(C)c2ccco2)c(C)c1. The number of ether oxygens (including phenoxy) is 1. The number of aliphatic hydroxyl groups is 1. The van der Waals surface area contributed by atoms with Crippen molar-refractivity contribution in [1.82, 2.24) is 5.32 Å². The molecule has 2 rings (SSSR count). The molecule has 0 bridgehead atoms. The van der Waals surface area contributed by atoms with E-state index in [-0.39, 0.29) is 12.6 Å². The molecule has 1 aromatic heterocycles. The molecule has 1 heterocycles. The third-order valence-corrected chi connectivity index (χ3v) is 3.39. The molecule has 1 aromatic carbocycles. The molecule has 0 saturated carbocycles. The molecule has 0 radical (unpaired) electrons. The van der Waals surface area contributed by atoms with Crippen LogP contribution < -0.4 is 10.1 Å². The lowest BCUT2D eigenvalue weighted by Crippen LogP contribution is -2.33. The van der Waals surface area contributed by atoms with Gasteiger partial charge in [-0.05, 0) is 44.5 Å². The number of hydrogen-bond donors (Lipinski definition) is 2. The largest absolute Gasteiger partial charge is 0.491 e. The summed E-state index contributed by atoms with van der Waals surface area (Å²) in [4.78, 5) is 0. The lowest BCUT2D eigenvalue weighted by atomic mass is 10.1. The van der Waals surface area contributed by atoms with Gasteiger partial charge in [-0.15, -0.1) is 0 Å². The van der Waals surface area contributed by atoms with Crippen molar-refractivity contribution in [3.63, 3.8) is 0 Å². The molecule has 0 aliphatic heterocycles. The van der Waals surface area contributed by atoms with Crippen LogP contribution in [0.4, 0.5) is 0 Å². The average molecular weight is 289 g/mol. The Bertz CT molecular complexity index is 551. The molecule has 2 atom stereocenters. The third-order valence-electron chi connectivity index (χ3n) is 3.39. The van der Waals surface area contributed by atoms with Gasteiger partial charge in [-0.3, -0.25) is 0 Å². The second-order valence-corrected chi connectivity index (χ2v) is 5.38. The molecule has 2 N–H and O–H groups in total. The minimum absolute atomic E-state index is 0.0655. The number of hydrogen-bond acceptors (Lipinski definition) is 4. The van der Waals surface area contributed by atoms with E-state index in [1.165, 1.54) is 5.56 Å². The van der Waals surface area contributed by atoms with Gasteiger partial charge in [-0.1, -0.05) is 17.7 Å². The molecule has 21 heavy (non-hydrogen) atoms. The summed E-state index contributed by atoms with van der Waals surface area (Å²) in [5.74, 6) is 1.68. The molecule has 4 heteroatoms. The van der Waals surface area contributed by atoms with E-state index >= 15 is 0 Å². The van der Waals surface area contributed by atoms with E-state index in [9.17, 15) is 5.11 Å². The van der Waals surface area contributed by atoms with Crippen LogP contribution in [0.5, 0.6) is 5.75 Å². The third kappa shape index (κ3) is 4.62. The smallest absolute Gasteiger partial charge is 0.122 e. The second kappa shape index (κ2) is 7.29. The fourth-order valence-electron chi connectivity index (χ4n) is 2.16. The first-order valence-electron chi connectivity index (χ1n) is 7.21. The Kier molecular flexibility index (Phi) is 5.42.